The first-order valence-electron chi connectivity index (χ1n) is 7.09. The fourth-order valence-electron chi connectivity index (χ4n) is 2.02. The molecule has 1 unspecified atom stereocenters. The summed E-state index contributed by atoms with van der Waals surface area (Å²) in [5.74, 6) is -0.301. The predicted octanol–water partition coefficient (Wildman–Crippen LogP) is 4.15. The summed E-state index contributed by atoms with van der Waals surface area (Å²) in [7, 11) is 0. The molecule has 1 atom stereocenters. The molecule has 2 nitrogen and oxygen atoms in total. The standard InChI is InChI=1S/C16H23FN2/c1-3-4-5-6-7-13(2)19-12-15-9-8-14(11-18)10-16(15)17/h8-10,13,19H,3-7,12H2,1-2H3. The summed E-state index contributed by atoms with van der Waals surface area (Å²) in [6.45, 7) is 4.86. The van der Waals surface area contributed by atoms with Crippen molar-refractivity contribution in [3.63, 3.8) is 0 Å². The van der Waals surface area contributed by atoms with Crippen molar-refractivity contribution in [3.05, 3.63) is 35.1 Å². The first kappa shape index (κ1) is 15.7. The first-order chi connectivity index (χ1) is 9.17. The second-order valence-corrected chi connectivity index (χ2v) is 5.05. The van der Waals surface area contributed by atoms with Gasteiger partial charge < -0.3 is 5.32 Å². The molecule has 0 amide bonds. The van der Waals surface area contributed by atoms with Gasteiger partial charge in [-0.25, -0.2) is 4.39 Å². The number of rotatable bonds is 8. The fraction of sp³-hybridized carbons (Fsp3) is 0.562. The highest BCUT2D eigenvalue weighted by atomic mass is 19.1. The zero-order valence-corrected chi connectivity index (χ0v) is 11.9. The van der Waals surface area contributed by atoms with Gasteiger partial charge in [-0.05, 0) is 25.5 Å². The molecule has 1 N–H and O–H groups in total. The monoisotopic (exact) mass is 262 g/mol. The topological polar surface area (TPSA) is 35.8 Å². The zero-order chi connectivity index (χ0) is 14.1. The maximum Gasteiger partial charge on any atom is 0.129 e. The molecule has 0 saturated heterocycles. The Labute approximate surface area is 115 Å². The first-order valence-corrected chi connectivity index (χ1v) is 7.09. The molecular weight excluding hydrogens is 239 g/mol. The molecular formula is C16H23FN2. The summed E-state index contributed by atoms with van der Waals surface area (Å²) in [6.07, 6.45) is 6.15. The van der Waals surface area contributed by atoms with E-state index in [-0.39, 0.29) is 5.82 Å². The summed E-state index contributed by atoms with van der Waals surface area (Å²) in [5, 5.41) is 12.0. The van der Waals surface area contributed by atoms with Crippen molar-refractivity contribution >= 4 is 0 Å². The van der Waals surface area contributed by atoms with Crippen molar-refractivity contribution in [1.29, 1.82) is 5.26 Å². The van der Waals surface area contributed by atoms with E-state index in [1.54, 1.807) is 12.1 Å². The predicted molar refractivity (Wildman–Crippen MR) is 76.2 cm³/mol. The van der Waals surface area contributed by atoms with Gasteiger partial charge in [-0.1, -0.05) is 38.7 Å². The van der Waals surface area contributed by atoms with E-state index >= 15 is 0 Å². The van der Waals surface area contributed by atoms with E-state index in [0.29, 0.717) is 23.7 Å². The third-order valence-corrected chi connectivity index (χ3v) is 3.31. The van der Waals surface area contributed by atoms with Gasteiger partial charge in [-0.3, -0.25) is 0 Å². The van der Waals surface area contributed by atoms with Crippen molar-refractivity contribution in [1.82, 2.24) is 5.32 Å². The Morgan fingerprint density at radius 2 is 2.11 bits per heavy atom. The molecule has 1 aromatic rings. The molecule has 19 heavy (non-hydrogen) atoms. The van der Waals surface area contributed by atoms with E-state index in [0.717, 1.165) is 6.42 Å². The number of nitriles is 1. The molecule has 3 heteroatoms. The molecule has 0 heterocycles. The van der Waals surface area contributed by atoms with E-state index in [9.17, 15) is 4.39 Å². The number of hydrogen-bond donors (Lipinski definition) is 1. The maximum absolute atomic E-state index is 13.6. The van der Waals surface area contributed by atoms with Crippen LogP contribution in [0.4, 0.5) is 4.39 Å². The van der Waals surface area contributed by atoms with Crippen molar-refractivity contribution in [2.75, 3.05) is 0 Å². The molecule has 0 spiro atoms. The van der Waals surface area contributed by atoms with Gasteiger partial charge in [0.1, 0.15) is 5.82 Å². The lowest BCUT2D eigenvalue weighted by molar-refractivity contribution is 0.475. The van der Waals surface area contributed by atoms with Gasteiger partial charge in [-0.15, -0.1) is 0 Å². The summed E-state index contributed by atoms with van der Waals surface area (Å²) in [4.78, 5) is 0. The van der Waals surface area contributed by atoms with E-state index in [1.165, 1.54) is 31.7 Å². The minimum atomic E-state index is -0.301. The maximum atomic E-state index is 13.6. The fourth-order valence-corrected chi connectivity index (χ4v) is 2.02. The van der Waals surface area contributed by atoms with E-state index in [4.69, 9.17) is 5.26 Å². The van der Waals surface area contributed by atoms with Crippen LogP contribution in [0.3, 0.4) is 0 Å². The van der Waals surface area contributed by atoms with Crippen LogP contribution in [0.2, 0.25) is 0 Å². The molecule has 0 radical (unpaired) electrons. The molecule has 0 aliphatic heterocycles. The molecule has 0 saturated carbocycles. The summed E-state index contributed by atoms with van der Waals surface area (Å²) in [5.41, 5.74) is 0.994. The number of benzene rings is 1. The van der Waals surface area contributed by atoms with E-state index in [2.05, 4.69) is 19.2 Å². The third kappa shape index (κ3) is 5.85. The number of hydrogen-bond acceptors (Lipinski definition) is 2. The quantitative estimate of drug-likeness (QED) is 0.714. The van der Waals surface area contributed by atoms with Crippen molar-refractivity contribution in [2.45, 2.75) is 58.5 Å². The van der Waals surface area contributed by atoms with E-state index < -0.39 is 0 Å². The lowest BCUT2D eigenvalue weighted by atomic mass is 10.1. The van der Waals surface area contributed by atoms with Crippen LogP contribution in [0, 0.1) is 17.1 Å². The van der Waals surface area contributed by atoms with Crippen LogP contribution in [-0.4, -0.2) is 6.04 Å². The van der Waals surface area contributed by atoms with Crippen LogP contribution in [0.1, 0.15) is 57.1 Å². The number of nitrogens with one attached hydrogen (secondary N) is 1. The second kappa shape index (κ2) is 8.66. The lowest BCUT2D eigenvalue weighted by Gasteiger charge is -2.14. The second-order valence-electron chi connectivity index (χ2n) is 5.05. The van der Waals surface area contributed by atoms with Crippen LogP contribution >= 0.6 is 0 Å². The largest absolute Gasteiger partial charge is 0.310 e. The lowest BCUT2D eigenvalue weighted by Crippen LogP contribution is -2.25. The van der Waals surface area contributed by atoms with Gasteiger partial charge in [0, 0.05) is 18.2 Å². The molecule has 1 aromatic carbocycles. The van der Waals surface area contributed by atoms with Crippen molar-refractivity contribution in [3.8, 4) is 6.07 Å². The minimum absolute atomic E-state index is 0.301. The Bertz CT molecular complexity index is 423. The number of unbranched alkanes of at least 4 members (excludes halogenated alkanes) is 3. The SMILES string of the molecule is CCCCCCC(C)NCc1ccc(C#N)cc1F. The molecule has 0 aliphatic rings. The molecule has 0 bridgehead atoms. The summed E-state index contributed by atoms with van der Waals surface area (Å²) < 4.78 is 13.6. The Morgan fingerprint density at radius 3 is 2.74 bits per heavy atom. The van der Waals surface area contributed by atoms with Crippen molar-refractivity contribution < 1.29 is 4.39 Å². The van der Waals surface area contributed by atoms with Gasteiger partial charge in [0.05, 0.1) is 11.6 Å². The molecule has 1 rings (SSSR count). The Balaban J connectivity index is 2.34. The van der Waals surface area contributed by atoms with Crippen LogP contribution in [-0.2, 0) is 6.54 Å². The van der Waals surface area contributed by atoms with Crippen LogP contribution in [0.25, 0.3) is 0 Å². The van der Waals surface area contributed by atoms with Crippen LogP contribution in [0.15, 0.2) is 18.2 Å². The molecule has 0 fully saturated rings. The normalized spacial score (nSPS) is 12.1. The van der Waals surface area contributed by atoms with Crippen LogP contribution in [0.5, 0.6) is 0 Å². The zero-order valence-electron chi connectivity index (χ0n) is 11.9. The highest BCUT2D eigenvalue weighted by Gasteiger charge is 2.06. The van der Waals surface area contributed by atoms with Gasteiger partial charge >= 0.3 is 0 Å². The smallest absolute Gasteiger partial charge is 0.129 e. The molecule has 104 valence electrons. The summed E-state index contributed by atoms with van der Waals surface area (Å²) >= 11 is 0. The number of halogens is 1. The number of nitrogens with zero attached hydrogens (tertiary/aromatic N) is 1. The molecule has 0 aliphatic carbocycles. The Hall–Kier alpha value is -1.40. The van der Waals surface area contributed by atoms with Gasteiger partial charge in [0.2, 0.25) is 0 Å². The van der Waals surface area contributed by atoms with Crippen molar-refractivity contribution in [2.24, 2.45) is 0 Å². The van der Waals surface area contributed by atoms with Crippen LogP contribution < -0.4 is 5.32 Å². The highest BCUT2D eigenvalue weighted by molar-refractivity contribution is 5.32. The summed E-state index contributed by atoms with van der Waals surface area (Å²) in [6, 6.07) is 6.97. The minimum Gasteiger partial charge on any atom is -0.310 e. The highest BCUT2D eigenvalue weighted by Crippen LogP contribution is 2.11. The van der Waals surface area contributed by atoms with Gasteiger partial charge in [0.15, 0.2) is 0 Å². The molecule has 0 aromatic heterocycles. The van der Waals surface area contributed by atoms with Gasteiger partial charge in [-0.2, -0.15) is 5.26 Å². The Morgan fingerprint density at radius 1 is 1.32 bits per heavy atom. The Kier molecular flexibility index (Phi) is 7.14. The van der Waals surface area contributed by atoms with Gasteiger partial charge in [0.25, 0.3) is 0 Å². The third-order valence-electron chi connectivity index (χ3n) is 3.31. The average molecular weight is 262 g/mol. The average Bonchev–Trinajstić information content (AvgIpc) is 2.42. The van der Waals surface area contributed by atoms with E-state index in [1.807, 2.05) is 6.07 Å².